The Balaban J connectivity index is 1.87. The van der Waals surface area contributed by atoms with Crippen LogP contribution in [0.25, 0.3) is 0 Å². The minimum absolute atomic E-state index is 0.0832. The van der Waals surface area contributed by atoms with Crippen molar-refractivity contribution in [3.63, 3.8) is 0 Å². The van der Waals surface area contributed by atoms with Crippen LogP contribution in [0.4, 0.5) is 5.69 Å². The number of likely N-dealkylation sites (tertiary alicyclic amines) is 1. The predicted molar refractivity (Wildman–Crippen MR) is 93.4 cm³/mol. The summed E-state index contributed by atoms with van der Waals surface area (Å²) >= 11 is 12.2. The number of hydrogen-bond acceptors (Lipinski definition) is 4. The average molecular weight is 371 g/mol. The minimum atomic E-state index is -0.482. The van der Waals surface area contributed by atoms with Gasteiger partial charge in [-0.05, 0) is 44.0 Å². The van der Waals surface area contributed by atoms with Gasteiger partial charge in [0, 0.05) is 17.7 Å². The summed E-state index contributed by atoms with van der Waals surface area (Å²) < 4.78 is 0. The molecule has 24 heavy (non-hydrogen) atoms. The van der Waals surface area contributed by atoms with Crippen molar-refractivity contribution in [2.24, 2.45) is 0 Å². The number of halogens is 2. The number of carbonyl (C=O) groups is 2. The number of anilines is 1. The number of aliphatic hydroxyl groups is 1. The van der Waals surface area contributed by atoms with Crippen LogP contribution >= 0.6 is 23.2 Å². The van der Waals surface area contributed by atoms with E-state index in [4.69, 9.17) is 23.2 Å². The van der Waals surface area contributed by atoms with Gasteiger partial charge in [0.15, 0.2) is 0 Å². The highest BCUT2D eigenvalue weighted by Crippen LogP contribution is 2.35. The lowest BCUT2D eigenvalue weighted by Gasteiger charge is -2.38. The Labute approximate surface area is 151 Å². The second-order valence-electron chi connectivity index (χ2n) is 6.28. The van der Waals surface area contributed by atoms with Gasteiger partial charge in [0.25, 0.3) is 5.91 Å². The van der Waals surface area contributed by atoms with Gasteiger partial charge in [0.1, 0.15) is 0 Å². The molecule has 2 fully saturated rings. The number of nitrogens with zero attached hydrogens (tertiary/aromatic N) is 2. The number of benzene rings is 1. The summed E-state index contributed by atoms with van der Waals surface area (Å²) in [5, 5.41) is 10.0. The molecule has 1 aromatic carbocycles. The fourth-order valence-corrected chi connectivity index (χ4v) is 4.05. The van der Waals surface area contributed by atoms with Gasteiger partial charge < -0.3 is 5.11 Å². The van der Waals surface area contributed by atoms with E-state index in [0.29, 0.717) is 22.2 Å². The van der Waals surface area contributed by atoms with Gasteiger partial charge in [-0.15, -0.1) is 0 Å². The van der Waals surface area contributed by atoms with E-state index in [2.05, 4.69) is 4.90 Å². The summed E-state index contributed by atoms with van der Waals surface area (Å²) in [6, 6.07) is 4.41. The fraction of sp³-hybridized carbons (Fsp3) is 0.529. The second-order valence-corrected chi connectivity index (χ2v) is 7.13. The van der Waals surface area contributed by atoms with Crippen molar-refractivity contribution in [3.05, 3.63) is 28.2 Å². The predicted octanol–water partition coefficient (Wildman–Crippen LogP) is 2.86. The molecule has 0 radical (unpaired) electrons. The summed E-state index contributed by atoms with van der Waals surface area (Å²) in [5.41, 5.74) is 0.345. The molecule has 2 saturated heterocycles. The Morgan fingerprint density at radius 1 is 1.21 bits per heavy atom. The van der Waals surface area contributed by atoms with Crippen LogP contribution in [0.5, 0.6) is 0 Å². The first-order chi connectivity index (χ1) is 11.5. The zero-order chi connectivity index (χ0) is 17.3. The van der Waals surface area contributed by atoms with Crippen LogP contribution in [0.2, 0.25) is 10.0 Å². The highest BCUT2D eigenvalue weighted by Gasteiger charge is 2.45. The number of piperidine rings is 1. The third kappa shape index (κ3) is 3.31. The molecule has 130 valence electrons. The molecule has 0 unspecified atom stereocenters. The monoisotopic (exact) mass is 370 g/mol. The lowest BCUT2D eigenvalue weighted by molar-refractivity contribution is -0.123. The van der Waals surface area contributed by atoms with Gasteiger partial charge in [-0.1, -0.05) is 29.6 Å². The number of aliphatic hydroxyl groups excluding tert-OH is 1. The Hall–Kier alpha value is -1.14. The standard InChI is InChI=1S/C17H20Cl2N2O3/c18-11-4-5-13(19)14(9-11)21-16(23)10-15(17(21)24)20-7-2-1-3-12(20)6-8-22/h4-5,9,12,15,22H,1-3,6-8,10H2/t12-,15+/m0/s1. The summed E-state index contributed by atoms with van der Waals surface area (Å²) in [4.78, 5) is 28.7. The van der Waals surface area contributed by atoms with E-state index >= 15 is 0 Å². The second kappa shape index (κ2) is 7.40. The zero-order valence-electron chi connectivity index (χ0n) is 13.3. The molecule has 0 aromatic heterocycles. The Kier molecular flexibility index (Phi) is 5.45. The molecule has 2 aliphatic heterocycles. The quantitative estimate of drug-likeness (QED) is 0.827. The van der Waals surface area contributed by atoms with Crippen molar-refractivity contribution < 1.29 is 14.7 Å². The SMILES string of the molecule is O=C1C[C@@H](N2CCCC[C@H]2CCO)C(=O)N1c1cc(Cl)ccc1Cl. The van der Waals surface area contributed by atoms with Crippen molar-refractivity contribution in [1.82, 2.24) is 4.90 Å². The molecule has 0 spiro atoms. The van der Waals surface area contributed by atoms with Crippen LogP contribution in [-0.4, -0.2) is 47.1 Å². The van der Waals surface area contributed by atoms with Crippen molar-refractivity contribution in [2.45, 2.75) is 44.2 Å². The van der Waals surface area contributed by atoms with E-state index in [1.165, 1.54) is 0 Å². The highest BCUT2D eigenvalue weighted by atomic mass is 35.5. The fourth-order valence-electron chi connectivity index (χ4n) is 3.68. The van der Waals surface area contributed by atoms with Crippen LogP contribution in [0.3, 0.4) is 0 Å². The third-order valence-corrected chi connectivity index (χ3v) is 5.36. The molecule has 0 bridgehead atoms. The van der Waals surface area contributed by atoms with E-state index in [1.807, 2.05) is 0 Å². The smallest absolute Gasteiger partial charge is 0.251 e. The summed E-state index contributed by atoms with van der Waals surface area (Å²) in [5.74, 6) is -0.517. The van der Waals surface area contributed by atoms with Gasteiger partial charge in [-0.3, -0.25) is 14.5 Å². The first-order valence-electron chi connectivity index (χ1n) is 8.21. The van der Waals surface area contributed by atoms with Crippen molar-refractivity contribution >= 4 is 40.7 Å². The molecule has 2 atom stereocenters. The van der Waals surface area contributed by atoms with Gasteiger partial charge >= 0.3 is 0 Å². The number of amides is 2. The number of hydrogen-bond donors (Lipinski definition) is 1. The molecular weight excluding hydrogens is 351 g/mol. The van der Waals surface area contributed by atoms with Crippen LogP contribution in [0.1, 0.15) is 32.1 Å². The zero-order valence-corrected chi connectivity index (χ0v) is 14.8. The summed E-state index contributed by atoms with van der Waals surface area (Å²) in [6.07, 6.45) is 3.79. The van der Waals surface area contributed by atoms with Gasteiger partial charge in [0.2, 0.25) is 5.91 Å². The molecule has 0 saturated carbocycles. The normalized spacial score (nSPS) is 25.5. The highest BCUT2D eigenvalue weighted by molar-refractivity contribution is 6.37. The Bertz CT molecular complexity index is 651. The molecule has 3 rings (SSSR count). The van der Waals surface area contributed by atoms with Crippen LogP contribution in [0.15, 0.2) is 18.2 Å². The van der Waals surface area contributed by atoms with E-state index in [-0.39, 0.29) is 30.9 Å². The van der Waals surface area contributed by atoms with Crippen molar-refractivity contribution in [2.75, 3.05) is 18.1 Å². The molecule has 1 aromatic rings. The number of rotatable bonds is 4. The molecule has 5 nitrogen and oxygen atoms in total. The van der Waals surface area contributed by atoms with E-state index in [1.54, 1.807) is 18.2 Å². The lowest BCUT2D eigenvalue weighted by atomic mass is 9.97. The minimum Gasteiger partial charge on any atom is -0.396 e. The summed E-state index contributed by atoms with van der Waals surface area (Å²) in [7, 11) is 0. The van der Waals surface area contributed by atoms with Gasteiger partial charge in [-0.2, -0.15) is 0 Å². The topological polar surface area (TPSA) is 60.9 Å². The first-order valence-corrected chi connectivity index (χ1v) is 8.97. The molecule has 0 aliphatic carbocycles. The first kappa shape index (κ1) is 17.7. The third-order valence-electron chi connectivity index (χ3n) is 4.81. The molecule has 2 aliphatic rings. The average Bonchev–Trinajstić information content (AvgIpc) is 2.85. The maximum atomic E-state index is 12.9. The molecule has 2 amide bonds. The van der Waals surface area contributed by atoms with E-state index in [0.717, 1.165) is 30.7 Å². The van der Waals surface area contributed by atoms with E-state index < -0.39 is 6.04 Å². The largest absolute Gasteiger partial charge is 0.396 e. The Morgan fingerprint density at radius 2 is 2.00 bits per heavy atom. The van der Waals surface area contributed by atoms with Crippen molar-refractivity contribution in [3.8, 4) is 0 Å². The van der Waals surface area contributed by atoms with E-state index in [9.17, 15) is 14.7 Å². The van der Waals surface area contributed by atoms with Gasteiger partial charge in [0.05, 0.1) is 23.2 Å². The molecule has 7 heteroatoms. The maximum Gasteiger partial charge on any atom is 0.251 e. The maximum absolute atomic E-state index is 12.9. The van der Waals surface area contributed by atoms with Crippen LogP contribution < -0.4 is 4.90 Å². The molecule has 1 N–H and O–H groups in total. The molecular formula is C17H20Cl2N2O3. The van der Waals surface area contributed by atoms with Crippen LogP contribution in [-0.2, 0) is 9.59 Å². The van der Waals surface area contributed by atoms with Crippen LogP contribution in [0, 0.1) is 0 Å². The Morgan fingerprint density at radius 3 is 2.75 bits per heavy atom. The van der Waals surface area contributed by atoms with Crippen molar-refractivity contribution in [1.29, 1.82) is 0 Å². The molecule has 2 heterocycles. The lowest BCUT2D eigenvalue weighted by Crippen LogP contribution is -2.50. The summed E-state index contributed by atoms with van der Waals surface area (Å²) in [6.45, 7) is 0.853. The number of imide groups is 1. The van der Waals surface area contributed by atoms with Gasteiger partial charge in [-0.25, -0.2) is 4.90 Å². The number of carbonyl (C=O) groups excluding carboxylic acids is 2.